The number of imide groups is 1. The van der Waals surface area contributed by atoms with Gasteiger partial charge in [0.1, 0.15) is 0 Å². The van der Waals surface area contributed by atoms with Crippen molar-refractivity contribution in [2.24, 2.45) is 17.6 Å². The SMILES string of the molecule is COc1ccc(C(N)CN2C(=O)C(C)C(C)C2=O)cc1F. The molecule has 1 aromatic carbocycles. The third-order valence-corrected chi connectivity index (χ3v) is 4.04. The van der Waals surface area contributed by atoms with Gasteiger partial charge in [0.2, 0.25) is 11.8 Å². The minimum atomic E-state index is -0.629. The molecule has 0 radical (unpaired) electrons. The summed E-state index contributed by atoms with van der Waals surface area (Å²) in [6.45, 7) is 3.51. The van der Waals surface area contributed by atoms with Crippen LogP contribution in [0.4, 0.5) is 4.39 Å². The van der Waals surface area contributed by atoms with Crippen molar-refractivity contribution in [2.45, 2.75) is 19.9 Å². The molecule has 0 bridgehead atoms. The first-order valence-electron chi connectivity index (χ1n) is 6.81. The van der Waals surface area contributed by atoms with Crippen molar-refractivity contribution in [3.05, 3.63) is 29.6 Å². The molecule has 3 unspecified atom stereocenters. The first kappa shape index (κ1) is 15.4. The molecule has 114 valence electrons. The number of methoxy groups -OCH3 is 1. The minimum absolute atomic E-state index is 0.0537. The Balaban J connectivity index is 2.15. The highest BCUT2D eigenvalue weighted by atomic mass is 19.1. The number of hydrogen-bond acceptors (Lipinski definition) is 4. The zero-order valence-electron chi connectivity index (χ0n) is 12.3. The standard InChI is InChI=1S/C15H19FN2O3/c1-8-9(2)15(20)18(14(8)19)7-12(17)10-4-5-13(21-3)11(16)6-10/h4-6,8-9,12H,7,17H2,1-3H3. The molecule has 1 fully saturated rings. The Bertz CT molecular complexity index is 556. The molecule has 1 aromatic rings. The maximum atomic E-state index is 13.7. The van der Waals surface area contributed by atoms with Gasteiger partial charge in [-0.2, -0.15) is 0 Å². The lowest BCUT2D eigenvalue weighted by Gasteiger charge is -2.20. The van der Waals surface area contributed by atoms with E-state index in [9.17, 15) is 14.0 Å². The summed E-state index contributed by atoms with van der Waals surface area (Å²) < 4.78 is 18.5. The van der Waals surface area contributed by atoms with E-state index < -0.39 is 11.9 Å². The molecule has 0 aliphatic carbocycles. The number of likely N-dealkylation sites (tertiary alicyclic amines) is 1. The van der Waals surface area contributed by atoms with Crippen molar-refractivity contribution in [2.75, 3.05) is 13.7 Å². The molecule has 0 aromatic heterocycles. The molecule has 1 aliphatic rings. The Morgan fingerprint density at radius 1 is 1.29 bits per heavy atom. The molecular formula is C15H19FN2O3. The Kier molecular flexibility index (Phi) is 4.27. The molecule has 1 heterocycles. The number of halogens is 1. The van der Waals surface area contributed by atoms with E-state index in [0.717, 1.165) is 0 Å². The van der Waals surface area contributed by atoms with Gasteiger partial charge in [-0.25, -0.2) is 4.39 Å². The van der Waals surface area contributed by atoms with Gasteiger partial charge in [0.05, 0.1) is 7.11 Å². The van der Waals surface area contributed by atoms with Crippen molar-refractivity contribution in [1.82, 2.24) is 4.90 Å². The number of hydrogen-bond donors (Lipinski definition) is 1. The Morgan fingerprint density at radius 2 is 1.86 bits per heavy atom. The molecular weight excluding hydrogens is 275 g/mol. The van der Waals surface area contributed by atoms with Crippen LogP contribution in [0.2, 0.25) is 0 Å². The van der Waals surface area contributed by atoms with Gasteiger partial charge in [-0.1, -0.05) is 19.9 Å². The van der Waals surface area contributed by atoms with Crippen LogP contribution < -0.4 is 10.5 Å². The summed E-state index contributed by atoms with van der Waals surface area (Å²) in [7, 11) is 1.38. The van der Waals surface area contributed by atoms with Crippen molar-refractivity contribution >= 4 is 11.8 Å². The van der Waals surface area contributed by atoms with E-state index in [1.165, 1.54) is 24.1 Å². The van der Waals surface area contributed by atoms with Crippen LogP contribution in [0.3, 0.4) is 0 Å². The summed E-state index contributed by atoms with van der Waals surface area (Å²) in [4.78, 5) is 25.2. The number of ether oxygens (including phenoxy) is 1. The summed E-state index contributed by atoms with van der Waals surface area (Å²) in [6, 6.07) is 3.74. The van der Waals surface area contributed by atoms with Crippen LogP contribution in [0, 0.1) is 17.7 Å². The van der Waals surface area contributed by atoms with Crippen LogP contribution in [-0.4, -0.2) is 30.4 Å². The van der Waals surface area contributed by atoms with E-state index in [1.807, 2.05) is 0 Å². The Labute approximate surface area is 122 Å². The number of amides is 2. The van der Waals surface area contributed by atoms with Crippen LogP contribution in [0.5, 0.6) is 5.75 Å². The number of carbonyl (C=O) groups excluding carboxylic acids is 2. The summed E-state index contributed by atoms with van der Waals surface area (Å²) in [5.41, 5.74) is 6.51. The quantitative estimate of drug-likeness (QED) is 0.854. The van der Waals surface area contributed by atoms with Gasteiger partial charge in [-0.3, -0.25) is 14.5 Å². The third kappa shape index (κ3) is 2.76. The molecule has 3 atom stereocenters. The lowest BCUT2D eigenvalue weighted by Crippen LogP contribution is -2.37. The number of benzene rings is 1. The molecule has 21 heavy (non-hydrogen) atoms. The van der Waals surface area contributed by atoms with Crippen LogP contribution in [0.15, 0.2) is 18.2 Å². The average Bonchev–Trinajstić information content (AvgIpc) is 2.65. The number of rotatable bonds is 4. The molecule has 5 nitrogen and oxygen atoms in total. The van der Waals surface area contributed by atoms with Crippen molar-refractivity contribution in [3.63, 3.8) is 0 Å². The lowest BCUT2D eigenvalue weighted by molar-refractivity contribution is -0.140. The smallest absolute Gasteiger partial charge is 0.232 e. The third-order valence-electron chi connectivity index (χ3n) is 4.04. The highest BCUT2D eigenvalue weighted by Gasteiger charge is 2.42. The number of nitrogens with two attached hydrogens (primary N) is 1. The zero-order chi connectivity index (χ0) is 15.7. The van der Waals surface area contributed by atoms with Gasteiger partial charge in [-0.05, 0) is 17.7 Å². The van der Waals surface area contributed by atoms with Gasteiger partial charge >= 0.3 is 0 Å². The predicted octanol–water partition coefficient (Wildman–Crippen LogP) is 1.48. The largest absolute Gasteiger partial charge is 0.494 e. The predicted molar refractivity (Wildman–Crippen MR) is 74.9 cm³/mol. The van der Waals surface area contributed by atoms with Crippen LogP contribution in [0.1, 0.15) is 25.5 Å². The number of nitrogens with zero attached hydrogens (tertiary/aromatic N) is 1. The topological polar surface area (TPSA) is 72.6 Å². The molecule has 0 spiro atoms. The fraction of sp³-hybridized carbons (Fsp3) is 0.467. The molecule has 2 rings (SSSR count). The lowest BCUT2D eigenvalue weighted by atomic mass is 10.00. The van der Waals surface area contributed by atoms with Crippen LogP contribution >= 0.6 is 0 Å². The van der Waals surface area contributed by atoms with Crippen molar-refractivity contribution in [3.8, 4) is 5.75 Å². The number of carbonyl (C=O) groups is 2. The Hall–Kier alpha value is -1.95. The van der Waals surface area contributed by atoms with Gasteiger partial charge < -0.3 is 10.5 Å². The second-order valence-corrected chi connectivity index (χ2v) is 5.36. The van der Waals surface area contributed by atoms with E-state index in [1.54, 1.807) is 19.9 Å². The monoisotopic (exact) mass is 294 g/mol. The highest BCUT2D eigenvalue weighted by Crippen LogP contribution is 2.28. The zero-order valence-corrected chi connectivity index (χ0v) is 12.3. The fourth-order valence-electron chi connectivity index (χ4n) is 2.42. The van der Waals surface area contributed by atoms with Crippen LogP contribution in [0.25, 0.3) is 0 Å². The Morgan fingerprint density at radius 3 is 2.33 bits per heavy atom. The molecule has 0 saturated carbocycles. The average molecular weight is 294 g/mol. The maximum absolute atomic E-state index is 13.7. The normalized spacial score (nSPS) is 23.6. The summed E-state index contributed by atoms with van der Waals surface area (Å²) in [5.74, 6) is -1.52. The maximum Gasteiger partial charge on any atom is 0.232 e. The van der Waals surface area contributed by atoms with Gasteiger partial charge in [0.15, 0.2) is 11.6 Å². The highest BCUT2D eigenvalue weighted by molar-refractivity contribution is 6.04. The second kappa shape index (κ2) is 5.81. The van der Waals surface area contributed by atoms with Crippen molar-refractivity contribution < 1.29 is 18.7 Å². The molecule has 2 N–H and O–H groups in total. The van der Waals surface area contributed by atoms with Crippen LogP contribution in [-0.2, 0) is 9.59 Å². The second-order valence-electron chi connectivity index (χ2n) is 5.36. The van der Waals surface area contributed by atoms with E-state index >= 15 is 0 Å². The van der Waals surface area contributed by atoms with Gasteiger partial charge in [0.25, 0.3) is 0 Å². The fourth-order valence-corrected chi connectivity index (χ4v) is 2.42. The van der Waals surface area contributed by atoms with E-state index in [0.29, 0.717) is 5.56 Å². The van der Waals surface area contributed by atoms with Crippen molar-refractivity contribution in [1.29, 1.82) is 0 Å². The minimum Gasteiger partial charge on any atom is -0.494 e. The van der Waals surface area contributed by atoms with E-state index in [2.05, 4.69) is 0 Å². The molecule has 6 heteroatoms. The first-order valence-corrected chi connectivity index (χ1v) is 6.81. The van der Waals surface area contributed by atoms with Gasteiger partial charge in [0, 0.05) is 24.4 Å². The molecule has 2 amide bonds. The van der Waals surface area contributed by atoms with Gasteiger partial charge in [-0.15, -0.1) is 0 Å². The van der Waals surface area contributed by atoms with E-state index in [-0.39, 0.29) is 35.9 Å². The van der Waals surface area contributed by atoms with E-state index in [4.69, 9.17) is 10.5 Å². The summed E-state index contributed by atoms with van der Waals surface area (Å²) in [6.07, 6.45) is 0. The molecule has 1 saturated heterocycles. The molecule has 1 aliphatic heterocycles. The first-order chi connectivity index (χ1) is 9.86. The summed E-state index contributed by atoms with van der Waals surface area (Å²) in [5, 5.41) is 0. The summed E-state index contributed by atoms with van der Waals surface area (Å²) >= 11 is 0.